The lowest BCUT2D eigenvalue weighted by Crippen LogP contribution is -2.38. The number of aliphatic imine (C=N–C) groups is 1. The highest BCUT2D eigenvalue weighted by atomic mass is 127. The summed E-state index contributed by atoms with van der Waals surface area (Å²) in [6.07, 6.45) is 7.12. The van der Waals surface area contributed by atoms with Crippen molar-refractivity contribution in [1.82, 2.24) is 20.5 Å². The fourth-order valence-corrected chi connectivity index (χ4v) is 3.75. The maximum Gasteiger partial charge on any atom is 0.191 e. The van der Waals surface area contributed by atoms with E-state index >= 15 is 0 Å². The van der Waals surface area contributed by atoms with Crippen molar-refractivity contribution in [3.05, 3.63) is 16.1 Å². The van der Waals surface area contributed by atoms with Crippen LogP contribution in [-0.2, 0) is 6.54 Å². The lowest BCUT2D eigenvalue weighted by Gasteiger charge is -2.30. The van der Waals surface area contributed by atoms with E-state index in [1.165, 1.54) is 50.2 Å². The maximum atomic E-state index is 4.36. The van der Waals surface area contributed by atoms with Crippen LogP contribution in [0, 0.1) is 12.8 Å². The van der Waals surface area contributed by atoms with Gasteiger partial charge in [0.2, 0.25) is 0 Å². The first kappa shape index (κ1) is 21.6. The van der Waals surface area contributed by atoms with Crippen molar-refractivity contribution < 1.29 is 0 Å². The third-order valence-corrected chi connectivity index (χ3v) is 5.15. The van der Waals surface area contributed by atoms with Gasteiger partial charge in [0.25, 0.3) is 0 Å². The van der Waals surface area contributed by atoms with Gasteiger partial charge in [0.05, 0.1) is 6.54 Å². The molecule has 0 radical (unpaired) electrons. The lowest BCUT2D eigenvalue weighted by molar-refractivity contribution is 0.181. The van der Waals surface area contributed by atoms with Crippen molar-refractivity contribution in [1.29, 1.82) is 0 Å². The second kappa shape index (κ2) is 12.0. The topological polar surface area (TPSA) is 52.6 Å². The zero-order chi connectivity index (χ0) is 16.5. The van der Waals surface area contributed by atoms with Gasteiger partial charge in [0.1, 0.15) is 5.01 Å². The van der Waals surface area contributed by atoms with E-state index in [0.29, 0.717) is 0 Å². The Hall–Kier alpha value is -0.410. The van der Waals surface area contributed by atoms with Gasteiger partial charge in [-0.3, -0.25) is 4.99 Å². The monoisotopic (exact) mass is 465 g/mol. The number of halogens is 1. The van der Waals surface area contributed by atoms with Crippen molar-refractivity contribution in [2.45, 2.75) is 46.1 Å². The van der Waals surface area contributed by atoms with Gasteiger partial charge in [0, 0.05) is 31.2 Å². The average molecular weight is 465 g/mol. The molecule has 1 aromatic rings. The molecular formula is C17H32IN5S. The fraction of sp³-hybridized carbons (Fsp3) is 0.765. The molecule has 1 aliphatic heterocycles. The highest BCUT2D eigenvalue weighted by Crippen LogP contribution is 2.15. The molecule has 1 aliphatic rings. The smallest absolute Gasteiger partial charge is 0.191 e. The van der Waals surface area contributed by atoms with E-state index in [1.807, 2.05) is 13.2 Å². The summed E-state index contributed by atoms with van der Waals surface area (Å²) >= 11 is 1.73. The molecule has 2 heterocycles. The number of hydrogen-bond donors (Lipinski definition) is 2. The molecule has 2 rings (SSSR count). The molecule has 1 atom stereocenters. The van der Waals surface area contributed by atoms with Crippen LogP contribution < -0.4 is 10.6 Å². The summed E-state index contributed by atoms with van der Waals surface area (Å²) in [5, 5.41) is 7.81. The van der Waals surface area contributed by atoms with Crippen LogP contribution in [0.25, 0.3) is 0 Å². The van der Waals surface area contributed by atoms with Crippen molar-refractivity contribution in [2.24, 2.45) is 10.9 Å². The van der Waals surface area contributed by atoms with E-state index in [1.54, 1.807) is 11.3 Å². The summed E-state index contributed by atoms with van der Waals surface area (Å²) in [7, 11) is 1.82. The Kier molecular flexibility index (Phi) is 10.8. The minimum absolute atomic E-state index is 0. The van der Waals surface area contributed by atoms with Crippen LogP contribution >= 0.6 is 35.3 Å². The van der Waals surface area contributed by atoms with E-state index in [0.717, 1.165) is 30.0 Å². The second-order valence-electron chi connectivity index (χ2n) is 6.47. The number of aromatic nitrogens is 1. The van der Waals surface area contributed by atoms with Crippen molar-refractivity contribution >= 4 is 41.3 Å². The third-order valence-electron chi connectivity index (χ3n) is 4.23. The van der Waals surface area contributed by atoms with Crippen LogP contribution in [0.15, 0.2) is 11.2 Å². The van der Waals surface area contributed by atoms with Gasteiger partial charge < -0.3 is 15.5 Å². The number of unbranched alkanes of at least 4 members (excludes halogenated alkanes) is 1. The summed E-state index contributed by atoms with van der Waals surface area (Å²) in [4.78, 5) is 12.5. The Labute approximate surface area is 167 Å². The van der Waals surface area contributed by atoms with Gasteiger partial charge in [-0.05, 0) is 51.6 Å². The molecule has 0 spiro atoms. The van der Waals surface area contributed by atoms with Crippen LogP contribution in [0.5, 0.6) is 0 Å². The van der Waals surface area contributed by atoms with E-state index in [4.69, 9.17) is 0 Å². The molecule has 24 heavy (non-hydrogen) atoms. The minimum atomic E-state index is 0. The van der Waals surface area contributed by atoms with Crippen LogP contribution in [-0.4, -0.2) is 49.1 Å². The summed E-state index contributed by atoms with van der Waals surface area (Å²) in [6.45, 7) is 9.96. The fourth-order valence-electron chi connectivity index (χ4n) is 3.02. The molecule has 1 saturated heterocycles. The molecule has 1 fully saturated rings. The van der Waals surface area contributed by atoms with E-state index in [9.17, 15) is 0 Å². The quantitative estimate of drug-likeness (QED) is 0.281. The largest absolute Gasteiger partial charge is 0.356 e. The SMILES string of the molecule is CN=C(NCCCCN1CCCC(C)C1)NCc1ncc(C)s1.I. The molecule has 5 nitrogen and oxygen atoms in total. The zero-order valence-corrected chi connectivity index (χ0v) is 18.3. The number of piperidine rings is 1. The van der Waals surface area contributed by atoms with Crippen molar-refractivity contribution in [3.63, 3.8) is 0 Å². The highest BCUT2D eigenvalue weighted by molar-refractivity contribution is 14.0. The molecule has 0 saturated carbocycles. The standard InChI is InChI=1S/C17H31N5S.HI/c1-14-7-6-10-22(13-14)9-5-4-8-19-17(18-3)21-12-16-20-11-15(2)23-16;/h11,14H,4-10,12-13H2,1-3H3,(H2,18,19,21);1H. The summed E-state index contributed by atoms with van der Waals surface area (Å²) in [5.41, 5.74) is 0. The summed E-state index contributed by atoms with van der Waals surface area (Å²) in [5.74, 6) is 1.74. The van der Waals surface area contributed by atoms with Gasteiger partial charge in [-0.2, -0.15) is 0 Å². The summed E-state index contributed by atoms with van der Waals surface area (Å²) in [6, 6.07) is 0. The van der Waals surface area contributed by atoms with Gasteiger partial charge in [0.15, 0.2) is 5.96 Å². The Morgan fingerprint density at radius 3 is 2.92 bits per heavy atom. The van der Waals surface area contributed by atoms with Gasteiger partial charge in [-0.1, -0.05) is 6.92 Å². The summed E-state index contributed by atoms with van der Waals surface area (Å²) < 4.78 is 0. The molecule has 0 aromatic carbocycles. The number of nitrogens with one attached hydrogen (secondary N) is 2. The van der Waals surface area contributed by atoms with Gasteiger partial charge in [-0.15, -0.1) is 35.3 Å². The number of likely N-dealkylation sites (tertiary alicyclic amines) is 1. The molecule has 1 unspecified atom stereocenters. The molecule has 2 N–H and O–H groups in total. The predicted octanol–water partition coefficient (Wildman–Crippen LogP) is 3.25. The molecule has 1 aromatic heterocycles. The van der Waals surface area contributed by atoms with Crippen LogP contribution in [0.4, 0.5) is 0 Å². The number of hydrogen-bond acceptors (Lipinski definition) is 4. The molecular weight excluding hydrogens is 433 g/mol. The lowest BCUT2D eigenvalue weighted by atomic mass is 10.0. The normalized spacial score (nSPS) is 19.0. The van der Waals surface area contributed by atoms with Crippen LogP contribution in [0.1, 0.15) is 42.5 Å². The number of aryl methyl sites for hydroxylation is 1. The Bertz CT molecular complexity index is 491. The van der Waals surface area contributed by atoms with E-state index < -0.39 is 0 Å². The minimum Gasteiger partial charge on any atom is -0.356 e. The zero-order valence-electron chi connectivity index (χ0n) is 15.2. The maximum absolute atomic E-state index is 4.36. The van der Waals surface area contributed by atoms with Crippen LogP contribution in [0.2, 0.25) is 0 Å². The third kappa shape index (κ3) is 8.11. The van der Waals surface area contributed by atoms with Crippen molar-refractivity contribution in [3.8, 4) is 0 Å². The molecule has 0 aliphatic carbocycles. The van der Waals surface area contributed by atoms with Gasteiger partial charge in [-0.25, -0.2) is 4.98 Å². The Morgan fingerprint density at radius 1 is 1.42 bits per heavy atom. The van der Waals surface area contributed by atoms with E-state index in [-0.39, 0.29) is 24.0 Å². The number of rotatable bonds is 7. The van der Waals surface area contributed by atoms with E-state index in [2.05, 4.69) is 39.4 Å². The average Bonchev–Trinajstić information content (AvgIpc) is 2.95. The second-order valence-corrected chi connectivity index (χ2v) is 7.79. The molecule has 7 heteroatoms. The van der Waals surface area contributed by atoms with Crippen LogP contribution in [0.3, 0.4) is 0 Å². The number of guanidine groups is 1. The highest BCUT2D eigenvalue weighted by Gasteiger charge is 2.15. The molecule has 138 valence electrons. The van der Waals surface area contributed by atoms with Crippen molar-refractivity contribution in [2.75, 3.05) is 33.2 Å². The molecule has 0 amide bonds. The Balaban J connectivity index is 0.00000288. The van der Waals surface area contributed by atoms with Gasteiger partial charge >= 0.3 is 0 Å². The molecule has 0 bridgehead atoms. The Morgan fingerprint density at radius 2 is 2.25 bits per heavy atom. The number of thiazole rings is 1. The first-order valence-electron chi connectivity index (χ1n) is 8.75. The number of nitrogens with zero attached hydrogens (tertiary/aromatic N) is 3. The first-order valence-corrected chi connectivity index (χ1v) is 9.57. The first-order chi connectivity index (χ1) is 11.2. The predicted molar refractivity (Wildman–Crippen MR) is 115 cm³/mol.